The van der Waals surface area contributed by atoms with Crippen molar-refractivity contribution in [1.29, 1.82) is 0 Å². The first-order valence-electron chi connectivity index (χ1n) is 6.79. The number of halogens is 3. The molecule has 4 rings (SSSR count). The topological polar surface area (TPSA) is 72.4 Å². The fourth-order valence-corrected chi connectivity index (χ4v) is 3.09. The maximum Gasteiger partial charge on any atom is 0.211 e. The Morgan fingerprint density at radius 3 is 2.79 bits per heavy atom. The first kappa shape index (κ1) is 14.8. The molecular weight excluding hydrogens is 341 g/mol. The van der Waals surface area contributed by atoms with Gasteiger partial charge in [0.1, 0.15) is 11.5 Å². The molecule has 0 saturated heterocycles. The zero-order valence-electron chi connectivity index (χ0n) is 11.8. The van der Waals surface area contributed by atoms with Crippen LogP contribution >= 0.6 is 11.9 Å². The van der Waals surface area contributed by atoms with E-state index in [4.69, 9.17) is 0 Å². The third kappa shape index (κ3) is 2.33. The van der Waals surface area contributed by atoms with Crippen molar-refractivity contribution < 1.29 is 18.3 Å². The zero-order chi connectivity index (χ0) is 16.8. The smallest absolute Gasteiger partial charge is 0.211 e. The Hall–Kier alpha value is -2.81. The molecule has 0 fully saturated rings. The van der Waals surface area contributed by atoms with Crippen LogP contribution < -0.4 is 10.0 Å². The molecule has 3 aromatic rings. The number of hydrogen-bond donors (Lipinski definition) is 4. The number of phenolic OH excluding ortho intramolecular Hbond substituents is 1. The first-order valence-corrected chi connectivity index (χ1v) is 7.61. The summed E-state index contributed by atoms with van der Waals surface area (Å²) in [5, 5.41) is 13.0. The number of H-pyrrole nitrogens is 1. The number of benzene rings is 2. The largest absolute Gasteiger partial charge is 0.503 e. The van der Waals surface area contributed by atoms with Crippen LogP contribution in [0.1, 0.15) is 0 Å². The SMILES string of the molecule is Oc1c(F)c(F)cc2c1N=C(Nc1cc(F)c3cc[nH]c3c1)NS2. The molecule has 1 aliphatic heterocycles. The molecule has 0 spiro atoms. The summed E-state index contributed by atoms with van der Waals surface area (Å²) in [7, 11) is 0. The second kappa shape index (κ2) is 5.38. The maximum absolute atomic E-state index is 14.0. The number of aromatic nitrogens is 1. The Labute approximate surface area is 137 Å². The normalized spacial score (nSPS) is 13.4. The molecule has 24 heavy (non-hydrogen) atoms. The molecule has 0 atom stereocenters. The summed E-state index contributed by atoms with van der Waals surface area (Å²) in [5.41, 5.74) is 0.902. The predicted octanol–water partition coefficient (Wildman–Crippen LogP) is 4.00. The number of nitrogens with one attached hydrogen (secondary N) is 3. The van der Waals surface area contributed by atoms with Crippen LogP contribution in [0.5, 0.6) is 5.75 Å². The summed E-state index contributed by atoms with van der Waals surface area (Å²) < 4.78 is 43.5. The van der Waals surface area contributed by atoms with E-state index < -0.39 is 23.2 Å². The lowest BCUT2D eigenvalue weighted by Gasteiger charge is -2.18. The van der Waals surface area contributed by atoms with Crippen molar-refractivity contribution in [3.05, 3.63) is 47.9 Å². The number of aromatic amines is 1. The molecule has 0 amide bonds. The monoisotopic (exact) mass is 350 g/mol. The molecule has 2 heterocycles. The summed E-state index contributed by atoms with van der Waals surface area (Å²) >= 11 is 0.951. The van der Waals surface area contributed by atoms with Crippen LogP contribution in [0.4, 0.5) is 24.5 Å². The molecule has 1 aliphatic rings. The van der Waals surface area contributed by atoms with E-state index in [0.717, 1.165) is 18.0 Å². The average molecular weight is 350 g/mol. The van der Waals surface area contributed by atoms with E-state index in [0.29, 0.717) is 16.6 Å². The molecule has 0 aliphatic carbocycles. The van der Waals surface area contributed by atoms with Gasteiger partial charge in [-0.15, -0.1) is 0 Å². The molecule has 0 unspecified atom stereocenters. The van der Waals surface area contributed by atoms with E-state index in [1.165, 1.54) is 6.07 Å². The number of hydrogen-bond acceptors (Lipinski definition) is 5. The summed E-state index contributed by atoms with van der Waals surface area (Å²) in [6, 6.07) is 5.51. The van der Waals surface area contributed by atoms with Gasteiger partial charge < -0.3 is 15.4 Å². The van der Waals surface area contributed by atoms with Crippen LogP contribution in [0.3, 0.4) is 0 Å². The number of guanidine groups is 1. The average Bonchev–Trinajstić information content (AvgIpc) is 3.02. The van der Waals surface area contributed by atoms with Gasteiger partial charge in [-0.25, -0.2) is 13.8 Å². The molecule has 9 heteroatoms. The Morgan fingerprint density at radius 2 is 1.96 bits per heavy atom. The summed E-state index contributed by atoms with van der Waals surface area (Å²) in [6.45, 7) is 0. The minimum Gasteiger partial charge on any atom is -0.503 e. The van der Waals surface area contributed by atoms with Crippen molar-refractivity contribution in [2.24, 2.45) is 4.99 Å². The van der Waals surface area contributed by atoms with Gasteiger partial charge >= 0.3 is 0 Å². The maximum atomic E-state index is 14.0. The molecule has 1 aromatic heterocycles. The fraction of sp³-hybridized carbons (Fsp3) is 0. The van der Waals surface area contributed by atoms with E-state index in [1.807, 2.05) is 0 Å². The molecular formula is C15H9F3N4OS. The molecule has 4 N–H and O–H groups in total. The fourth-order valence-electron chi connectivity index (χ4n) is 2.39. The van der Waals surface area contributed by atoms with Crippen LogP contribution in [0.15, 0.2) is 40.4 Å². The van der Waals surface area contributed by atoms with Crippen molar-refractivity contribution in [2.75, 3.05) is 5.32 Å². The van der Waals surface area contributed by atoms with Crippen molar-refractivity contribution in [3.8, 4) is 5.75 Å². The minimum atomic E-state index is -1.36. The second-order valence-electron chi connectivity index (χ2n) is 5.05. The van der Waals surface area contributed by atoms with Gasteiger partial charge in [0.2, 0.25) is 11.8 Å². The Kier molecular flexibility index (Phi) is 3.31. The van der Waals surface area contributed by atoms with E-state index in [9.17, 15) is 18.3 Å². The summed E-state index contributed by atoms with van der Waals surface area (Å²) in [6.07, 6.45) is 1.62. The minimum absolute atomic E-state index is 0.0958. The van der Waals surface area contributed by atoms with Crippen molar-refractivity contribution in [2.45, 2.75) is 4.90 Å². The molecule has 2 aromatic carbocycles. The number of aliphatic imine (C=N–C) groups is 1. The van der Waals surface area contributed by atoms with Crippen LogP contribution in [0.25, 0.3) is 10.9 Å². The van der Waals surface area contributed by atoms with E-state index in [1.54, 1.807) is 18.3 Å². The van der Waals surface area contributed by atoms with Crippen LogP contribution in [-0.2, 0) is 0 Å². The number of phenols is 1. The highest BCUT2D eigenvalue weighted by Gasteiger charge is 2.22. The second-order valence-corrected chi connectivity index (χ2v) is 5.90. The van der Waals surface area contributed by atoms with E-state index >= 15 is 0 Å². The number of nitrogens with zero attached hydrogens (tertiary/aromatic N) is 1. The lowest BCUT2D eigenvalue weighted by molar-refractivity contribution is 0.406. The van der Waals surface area contributed by atoms with Gasteiger partial charge in [0, 0.05) is 17.3 Å². The van der Waals surface area contributed by atoms with Gasteiger partial charge in [0.25, 0.3) is 0 Å². The molecule has 0 bridgehead atoms. The van der Waals surface area contributed by atoms with Crippen molar-refractivity contribution >= 4 is 40.2 Å². The highest BCUT2D eigenvalue weighted by Crippen LogP contribution is 2.41. The standard InChI is InChI=1S/C15H9F3N4OS/c16-8-3-6(4-10-7(8)1-2-19-10)20-15-21-13-11(24-22-15)5-9(17)12(18)14(13)23/h1-5,19,23H,(H2,20,21,22). The molecule has 5 nitrogen and oxygen atoms in total. The molecule has 0 saturated carbocycles. The van der Waals surface area contributed by atoms with Crippen LogP contribution in [-0.4, -0.2) is 16.1 Å². The third-order valence-electron chi connectivity index (χ3n) is 3.50. The van der Waals surface area contributed by atoms with Crippen LogP contribution in [0, 0.1) is 17.5 Å². The predicted molar refractivity (Wildman–Crippen MR) is 86.0 cm³/mol. The molecule has 0 radical (unpaired) electrons. The number of rotatable bonds is 1. The lowest BCUT2D eigenvalue weighted by atomic mass is 10.2. The van der Waals surface area contributed by atoms with E-state index in [2.05, 4.69) is 20.0 Å². The van der Waals surface area contributed by atoms with E-state index in [-0.39, 0.29) is 16.5 Å². The van der Waals surface area contributed by atoms with Gasteiger partial charge in [-0.05, 0) is 36.2 Å². The Morgan fingerprint density at radius 1 is 1.12 bits per heavy atom. The zero-order valence-corrected chi connectivity index (χ0v) is 12.6. The molecule has 122 valence electrons. The highest BCUT2D eigenvalue weighted by atomic mass is 32.2. The van der Waals surface area contributed by atoms with Gasteiger partial charge in [0.05, 0.1) is 10.4 Å². The Bertz CT molecular complexity index is 1000. The van der Waals surface area contributed by atoms with Crippen molar-refractivity contribution in [3.63, 3.8) is 0 Å². The van der Waals surface area contributed by atoms with Gasteiger partial charge in [-0.2, -0.15) is 4.39 Å². The number of anilines is 1. The Balaban J connectivity index is 1.71. The van der Waals surface area contributed by atoms with Gasteiger partial charge in [-0.1, -0.05) is 0 Å². The van der Waals surface area contributed by atoms with Gasteiger partial charge in [-0.3, -0.25) is 4.72 Å². The number of fused-ring (bicyclic) bond motifs is 2. The summed E-state index contributed by atoms with van der Waals surface area (Å²) in [4.78, 5) is 7.16. The van der Waals surface area contributed by atoms with Crippen LogP contribution in [0.2, 0.25) is 0 Å². The number of aromatic hydroxyl groups is 1. The highest BCUT2D eigenvalue weighted by molar-refractivity contribution is 7.98. The lowest BCUT2D eigenvalue weighted by Crippen LogP contribution is -2.27. The third-order valence-corrected chi connectivity index (χ3v) is 4.32. The first-order chi connectivity index (χ1) is 11.5. The van der Waals surface area contributed by atoms with Gasteiger partial charge in [0.15, 0.2) is 11.6 Å². The quantitative estimate of drug-likeness (QED) is 0.501. The van der Waals surface area contributed by atoms with Crippen molar-refractivity contribution in [1.82, 2.24) is 9.71 Å². The summed E-state index contributed by atoms with van der Waals surface area (Å²) in [5.74, 6) is -3.66.